The molecule has 5 aromatic rings. The number of nitrogens with one attached hydrogen (secondary N) is 3. The second kappa shape index (κ2) is 16.6. The van der Waals surface area contributed by atoms with Gasteiger partial charge < -0.3 is 30.2 Å². The normalized spacial score (nSPS) is 11.3. The maximum Gasteiger partial charge on any atom is 0.255 e. The quantitative estimate of drug-likeness (QED) is 0.108. The molecular weight excluding hydrogens is 694 g/mol. The zero-order valence-corrected chi connectivity index (χ0v) is 30.1. The van der Waals surface area contributed by atoms with Crippen LogP contribution >= 0.6 is 11.6 Å². The van der Waals surface area contributed by atoms with Crippen LogP contribution in [0.1, 0.15) is 22.5 Å². The van der Waals surface area contributed by atoms with E-state index in [1.165, 1.54) is 43.8 Å². The number of ether oxygens (including phenoxy) is 3. The van der Waals surface area contributed by atoms with Gasteiger partial charge in [0.05, 0.1) is 43.1 Å². The standard InChI is InChI=1S/C37H38ClN5O7S/c1-24-20-31(29-21-26(38)10-15-30(29)40-24)39-17-19-43(51(46,47)28-13-11-27(48-2)12-14-28)18-16-36(44)41-32-22-35(50-4)33(23-34(32)49-3)42-37(45)25-8-6-5-7-9-25/h5-15,20-23H,16-19H2,1-4H3,(H,39,40)(H,41,44)(H,42,45). The predicted molar refractivity (Wildman–Crippen MR) is 199 cm³/mol. The van der Waals surface area contributed by atoms with E-state index >= 15 is 0 Å². The number of methoxy groups -OCH3 is 3. The van der Waals surface area contributed by atoms with E-state index < -0.39 is 15.9 Å². The van der Waals surface area contributed by atoms with E-state index in [2.05, 4.69) is 20.9 Å². The first-order valence-corrected chi connectivity index (χ1v) is 17.7. The van der Waals surface area contributed by atoms with E-state index in [4.69, 9.17) is 25.8 Å². The summed E-state index contributed by atoms with van der Waals surface area (Å²) in [6, 6.07) is 25.1. The maximum absolute atomic E-state index is 13.9. The molecule has 0 atom stereocenters. The van der Waals surface area contributed by atoms with Crippen LogP contribution < -0.4 is 30.2 Å². The lowest BCUT2D eigenvalue weighted by atomic mass is 10.1. The van der Waals surface area contributed by atoms with Crippen molar-refractivity contribution in [3.05, 3.63) is 107 Å². The van der Waals surface area contributed by atoms with Crippen LogP contribution in [-0.4, -0.2) is 70.5 Å². The van der Waals surface area contributed by atoms with Crippen molar-refractivity contribution in [2.75, 3.05) is 56.9 Å². The lowest BCUT2D eigenvalue weighted by molar-refractivity contribution is -0.116. The number of aryl methyl sites for hydroxylation is 1. The molecule has 12 nitrogen and oxygen atoms in total. The fourth-order valence-corrected chi connectivity index (χ4v) is 6.97. The minimum Gasteiger partial charge on any atom is -0.497 e. The number of sulfonamides is 1. The minimum atomic E-state index is -4.03. The molecule has 14 heteroatoms. The molecule has 1 aromatic heterocycles. The number of amides is 2. The first-order chi connectivity index (χ1) is 24.5. The molecule has 0 aliphatic heterocycles. The first-order valence-electron chi connectivity index (χ1n) is 15.9. The van der Waals surface area contributed by atoms with Crippen molar-refractivity contribution >= 4 is 61.4 Å². The van der Waals surface area contributed by atoms with Gasteiger partial charge in [0.1, 0.15) is 17.2 Å². The minimum absolute atomic E-state index is 0.0397. The zero-order valence-electron chi connectivity index (χ0n) is 28.5. The van der Waals surface area contributed by atoms with Crippen molar-refractivity contribution in [2.45, 2.75) is 18.2 Å². The summed E-state index contributed by atoms with van der Waals surface area (Å²) in [6.07, 6.45) is -0.180. The third-order valence-electron chi connectivity index (χ3n) is 7.94. The number of hydrogen-bond donors (Lipinski definition) is 3. The Labute approximate surface area is 301 Å². The van der Waals surface area contributed by atoms with Crippen LogP contribution in [0, 0.1) is 6.92 Å². The van der Waals surface area contributed by atoms with Gasteiger partial charge >= 0.3 is 0 Å². The van der Waals surface area contributed by atoms with Gasteiger partial charge in [-0.1, -0.05) is 29.8 Å². The summed E-state index contributed by atoms with van der Waals surface area (Å²) in [5.74, 6) is 0.237. The molecule has 266 valence electrons. The number of hydrogen-bond acceptors (Lipinski definition) is 9. The predicted octanol–water partition coefficient (Wildman–Crippen LogP) is 6.61. The summed E-state index contributed by atoms with van der Waals surface area (Å²) < 4.78 is 45.3. The Balaban J connectivity index is 1.33. The lowest BCUT2D eigenvalue weighted by Crippen LogP contribution is -2.37. The van der Waals surface area contributed by atoms with Crippen molar-refractivity contribution in [1.29, 1.82) is 0 Å². The summed E-state index contributed by atoms with van der Waals surface area (Å²) in [7, 11) is 0.331. The monoisotopic (exact) mass is 731 g/mol. The average molecular weight is 732 g/mol. The molecule has 0 spiro atoms. The summed E-state index contributed by atoms with van der Waals surface area (Å²) in [6.45, 7) is 2.01. The van der Waals surface area contributed by atoms with Crippen LogP contribution in [0.15, 0.2) is 95.9 Å². The van der Waals surface area contributed by atoms with Crippen LogP contribution in [0.3, 0.4) is 0 Å². The number of carbonyl (C=O) groups excluding carboxylic acids is 2. The highest BCUT2D eigenvalue weighted by atomic mass is 35.5. The van der Waals surface area contributed by atoms with Gasteiger partial charge in [-0.3, -0.25) is 14.6 Å². The molecule has 0 saturated heterocycles. The fourth-order valence-electron chi connectivity index (χ4n) is 5.36. The molecule has 0 radical (unpaired) electrons. The van der Waals surface area contributed by atoms with Gasteiger partial charge in [0.15, 0.2) is 0 Å². The maximum atomic E-state index is 13.9. The molecule has 0 bridgehead atoms. The van der Waals surface area contributed by atoms with E-state index in [9.17, 15) is 18.0 Å². The number of fused-ring (bicyclic) bond motifs is 1. The second-order valence-electron chi connectivity index (χ2n) is 11.4. The highest BCUT2D eigenvalue weighted by Crippen LogP contribution is 2.37. The molecule has 0 fully saturated rings. The molecule has 1 heterocycles. The van der Waals surface area contributed by atoms with Crippen LogP contribution in [0.4, 0.5) is 17.1 Å². The number of pyridine rings is 1. The molecule has 51 heavy (non-hydrogen) atoms. The Morgan fingerprint density at radius 2 is 1.45 bits per heavy atom. The molecule has 0 saturated carbocycles. The zero-order chi connectivity index (χ0) is 36.5. The summed E-state index contributed by atoms with van der Waals surface area (Å²) in [5, 5.41) is 10.3. The molecule has 5 rings (SSSR count). The van der Waals surface area contributed by atoms with Gasteiger partial charge in [-0.2, -0.15) is 4.31 Å². The average Bonchev–Trinajstić information content (AvgIpc) is 3.13. The number of anilines is 3. The van der Waals surface area contributed by atoms with Crippen molar-refractivity contribution in [1.82, 2.24) is 9.29 Å². The van der Waals surface area contributed by atoms with Gasteiger partial charge in [0.2, 0.25) is 15.9 Å². The van der Waals surface area contributed by atoms with Crippen molar-refractivity contribution in [3.63, 3.8) is 0 Å². The van der Waals surface area contributed by atoms with Crippen LogP contribution in [0.25, 0.3) is 10.9 Å². The van der Waals surface area contributed by atoms with E-state index in [1.54, 1.807) is 54.6 Å². The molecular formula is C37H38ClN5O7S. The number of nitrogens with zero attached hydrogens (tertiary/aromatic N) is 2. The van der Waals surface area contributed by atoms with Crippen molar-refractivity contribution < 1.29 is 32.2 Å². The Hall–Kier alpha value is -5.37. The third-order valence-corrected chi connectivity index (χ3v) is 10.1. The summed E-state index contributed by atoms with van der Waals surface area (Å²) in [4.78, 5) is 30.8. The first kappa shape index (κ1) is 36.9. The fraction of sp³-hybridized carbons (Fsp3) is 0.216. The van der Waals surface area contributed by atoms with Crippen molar-refractivity contribution in [2.24, 2.45) is 0 Å². The summed E-state index contributed by atoms with van der Waals surface area (Å²) >= 11 is 6.26. The van der Waals surface area contributed by atoms with Crippen LogP contribution in [-0.2, 0) is 14.8 Å². The van der Waals surface area contributed by atoms with Gasteiger partial charge in [-0.15, -0.1) is 0 Å². The number of carbonyl (C=O) groups is 2. The van der Waals surface area contributed by atoms with Crippen molar-refractivity contribution in [3.8, 4) is 17.2 Å². The molecule has 2 amide bonds. The number of halogens is 1. The Bertz CT molecular complexity index is 2130. The van der Waals surface area contributed by atoms with E-state index in [-0.39, 0.29) is 54.0 Å². The Morgan fingerprint density at radius 3 is 2.10 bits per heavy atom. The molecule has 4 aromatic carbocycles. The second-order valence-corrected chi connectivity index (χ2v) is 13.7. The highest BCUT2D eigenvalue weighted by Gasteiger charge is 2.26. The molecule has 0 aliphatic rings. The van der Waals surface area contributed by atoms with Gasteiger partial charge in [-0.05, 0) is 67.6 Å². The van der Waals surface area contributed by atoms with Gasteiger partial charge in [0.25, 0.3) is 5.91 Å². The number of benzene rings is 4. The number of aromatic nitrogens is 1. The molecule has 0 unspecified atom stereocenters. The smallest absolute Gasteiger partial charge is 0.255 e. The highest BCUT2D eigenvalue weighted by molar-refractivity contribution is 7.89. The lowest BCUT2D eigenvalue weighted by Gasteiger charge is -2.23. The van der Waals surface area contributed by atoms with Gasteiger partial charge in [0, 0.05) is 65.5 Å². The SMILES string of the molecule is COc1ccc(S(=O)(=O)N(CCNc2cc(C)nc3ccc(Cl)cc23)CCC(=O)Nc2cc(OC)c(NC(=O)c3ccccc3)cc2OC)cc1. The van der Waals surface area contributed by atoms with Gasteiger partial charge in [-0.25, -0.2) is 8.42 Å². The Morgan fingerprint density at radius 1 is 0.784 bits per heavy atom. The molecule has 0 aliphatic carbocycles. The summed E-state index contributed by atoms with van der Waals surface area (Å²) in [5.41, 5.74) is 3.36. The van der Waals surface area contributed by atoms with E-state index in [0.29, 0.717) is 22.0 Å². The topological polar surface area (TPSA) is 148 Å². The molecule has 3 N–H and O–H groups in total. The number of rotatable bonds is 15. The van der Waals surface area contributed by atoms with E-state index in [1.807, 2.05) is 25.1 Å². The van der Waals surface area contributed by atoms with Crippen LogP contribution in [0.5, 0.6) is 17.2 Å². The van der Waals surface area contributed by atoms with Crippen LogP contribution in [0.2, 0.25) is 5.02 Å². The Kier molecular flexibility index (Phi) is 12.0. The third kappa shape index (κ3) is 9.06. The van der Waals surface area contributed by atoms with E-state index in [0.717, 1.165) is 22.3 Å². The largest absolute Gasteiger partial charge is 0.497 e.